The minimum atomic E-state index is -1.40. The highest BCUT2D eigenvalue weighted by Gasteiger charge is 2.43. The summed E-state index contributed by atoms with van der Waals surface area (Å²) in [6.07, 6.45) is -3.92. The van der Waals surface area contributed by atoms with Gasteiger partial charge in [-0.15, -0.1) is 0 Å². The number of aliphatic hydroxyl groups is 3. The zero-order chi connectivity index (χ0) is 13.4. The van der Waals surface area contributed by atoms with E-state index in [2.05, 4.69) is 17.2 Å². The second kappa shape index (κ2) is 4.78. The lowest BCUT2D eigenvalue weighted by atomic mass is 10.1. The minimum Gasteiger partial charge on any atom is -0.504 e. The molecule has 2 heterocycles. The number of rotatable bonds is 2. The van der Waals surface area contributed by atoms with Crippen molar-refractivity contribution in [1.82, 2.24) is 9.55 Å². The molecule has 0 spiro atoms. The Kier molecular flexibility index (Phi) is 3.50. The maximum Gasteiger partial charge on any atom is 0.328 e. The van der Waals surface area contributed by atoms with Gasteiger partial charge >= 0.3 is 5.69 Å². The standard InChI is InChI=1S/C9H12N2O6S/c12-2-4-5(14)6(15)8(17-4)11-1-3(13)7(18)10-9(11)16/h1,4-6,8,12-15H,2H2,(H,10,16,18)/t4-,5?,6?,8-/m0/s1. The number of aromatic amines is 1. The van der Waals surface area contributed by atoms with Gasteiger partial charge < -0.3 is 25.2 Å². The van der Waals surface area contributed by atoms with Crippen LogP contribution in [0.2, 0.25) is 0 Å². The number of aromatic nitrogens is 2. The third kappa shape index (κ3) is 2.06. The Morgan fingerprint density at radius 2 is 2.11 bits per heavy atom. The topological polar surface area (TPSA) is 128 Å². The van der Waals surface area contributed by atoms with E-state index in [-0.39, 0.29) is 10.4 Å². The molecule has 9 heteroatoms. The lowest BCUT2D eigenvalue weighted by Gasteiger charge is -2.17. The number of aromatic hydroxyl groups is 1. The maximum absolute atomic E-state index is 11.6. The fourth-order valence-corrected chi connectivity index (χ4v) is 1.91. The first-order chi connectivity index (χ1) is 8.45. The lowest BCUT2D eigenvalue weighted by Crippen LogP contribution is -2.35. The first-order valence-electron chi connectivity index (χ1n) is 5.12. The van der Waals surface area contributed by atoms with Gasteiger partial charge in [-0.2, -0.15) is 0 Å². The van der Waals surface area contributed by atoms with Crippen molar-refractivity contribution in [2.45, 2.75) is 24.5 Å². The molecule has 1 aliphatic rings. The molecular weight excluding hydrogens is 264 g/mol. The largest absolute Gasteiger partial charge is 0.504 e. The minimum absolute atomic E-state index is 0.136. The molecular formula is C9H12N2O6S. The molecule has 2 rings (SSSR count). The van der Waals surface area contributed by atoms with Crippen LogP contribution in [-0.4, -0.2) is 54.9 Å². The van der Waals surface area contributed by atoms with Crippen LogP contribution >= 0.6 is 12.2 Å². The highest BCUT2D eigenvalue weighted by atomic mass is 32.1. The van der Waals surface area contributed by atoms with Crippen LogP contribution in [0, 0.1) is 4.64 Å². The number of H-pyrrole nitrogens is 1. The van der Waals surface area contributed by atoms with Gasteiger partial charge in [0.2, 0.25) is 0 Å². The Morgan fingerprint density at radius 3 is 2.67 bits per heavy atom. The summed E-state index contributed by atoms with van der Waals surface area (Å²) in [5, 5.41) is 37.6. The normalized spacial score (nSPS) is 31.7. The van der Waals surface area contributed by atoms with E-state index in [1.165, 1.54) is 0 Å². The molecule has 0 amide bonds. The van der Waals surface area contributed by atoms with E-state index in [9.17, 15) is 20.1 Å². The average molecular weight is 276 g/mol. The Bertz CT molecular complexity index is 555. The first kappa shape index (κ1) is 13.2. The summed E-state index contributed by atoms with van der Waals surface area (Å²) in [7, 11) is 0. The fraction of sp³-hybridized carbons (Fsp3) is 0.556. The van der Waals surface area contributed by atoms with Crippen LogP contribution in [0.3, 0.4) is 0 Å². The number of hydrogen-bond donors (Lipinski definition) is 5. The van der Waals surface area contributed by atoms with Crippen LogP contribution < -0.4 is 5.69 Å². The summed E-state index contributed by atoms with van der Waals surface area (Å²) < 4.78 is 5.88. The van der Waals surface area contributed by atoms with Crippen LogP contribution in [0.25, 0.3) is 0 Å². The highest BCUT2D eigenvalue weighted by Crippen LogP contribution is 2.28. The molecule has 18 heavy (non-hydrogen) atoms. The molecule has 1 aromatic heterocycles. The van der Waals surface area contributed by atoms with E-state index in [1.54, 1.807) is 0 Å². The highest BCUT2D eigenvalue weighted by molar-refractivity contribution is 7.71. The van der Waals surface area contributed by atoms with Crippen molar-refractivity contribution in [3.8, 4) is 5.75 Å². The van der Waals surface area contributed by atoms with Crippen LogP contribution in [0.5, 0.6) is 5.75 Å². The lowest BCUT2D eigenvalue weighted by molar-refractivity contribution is -0.0552. The second-order valence-electron chi connectivity index (χ2n) is 3.91. The number of hydrogen-bond acceptors (Lipinski definition) is 7. The van der Waals surface area contributed by atoms with Gasteiger partial charge in [0.25, 0.3) is 0 Å². The van der Waals surface area contributed by atoms with E-state index < -0.39 is 36.8 Å². The molecule has 0 bridgehead atoms. The van der Waals surface area contributed by atoms with E-state index >= 15 is 0 Å². The summed E-state index contributed by atoms with van der Waals surface area (Å²) in [4.78, 5) is 13.8. The van der Waals surface area contributed by atoms with Crippen LogP contribution in [-0.2, 0) is 4.74 Å². The zero-order valence-electron chi connectivity index (χ0n) is 9.05. The molecule has 100 valence electrons. The Morgan fingerprint density at radius 1 is 1.44 bits per heavy atom. The monoisotopic (exact) mass is 276 g/mol. The molecule has 1 fully saturated rings. The van der Waals surface area contributed by atoms with Gasteiger partial charge in [-0.05, 0) is 0 Å². The molecule has 0 radical (unpaired) electrons. The van der Waals surface area contributed by atoms with Crippen molar-refractivity contribution >= 4 is 12.2 Å². The van der Waals surface area contributed by atoms with Crippen molar-refractivity contribution < 1.29 is 25.2 Å². The van der Waals surface area contributed by atoms with Crippen molar-refractivity contribution in [3.63, 3.8) is 0 Å². The van der Waals surface area contributed by atoms with Crippen LogP contribution in [0.1, 0.15) is 6.23 Å². The Hall–Kier alpha value is -1.26. The van der Waals surface area contributed by atoms with Crippen molar-refractivity contribution in [1.29, 1.82) is 0 Å². The second-order valence-corrected chi connectivity index (χ2v) is 4.32. The summed E-state index contributed by atoms with van der Waals surface area (Å²) >= 11 is 4.66. The van der Waals surface area contributed by atoms with E-state index in [0.29, 0.717) is 0 Å². The van der Waals surface area contributed by atoms with Gasteiger partial charge in [0.15, 0.2) is 16.6 Å². The first-order valence-corrected chi connectivity index (χ1v) is 5.53. The molecule has 1 aliphatic heterocycles. The van der Waals surface area contributed by atoms with Crippen LogP contribution in [0.15, 0.2) is 11.0 Å². The molecule has 0 saturated carbocycles. The maximum atomic E-state index is 11.6. The Labute approximate surface area is 106 Å². The van der Waals surface area contributed by atoms with Gasteiger partial charge in [-0.1, -0.05) is 12.2 Å². The van der Waals surface area contributed by atoms with Gasteiger partial charge in [0.05, 0.1) is 12.8 Å². The van der Waals surface area contributed by atoms with Crippen molar-refractivity contribution in [3.05, 3.63) is 21.3 Å². The Balaban J connectivity index is 2.42. The quantitative estimate of drug-likeness (QED) is 0.404. The molecule has 5 N–H and O–H groups in total. The third-order valence-electron chi connectivity index (χ3n) is 2.74. The SMILES string of the molecule is O=c1[nH]c(=S)c(O)cn1[C@H]1O[C@@H](CO)C(O)C1O. The molecule has 2 unspecified atom stereocenters. The van der Waals surface area contributed by atoms with Crippen molar-refractivity contribution in [2.24, 2.45) is 0 Å². The molecule has 1 saturated heterocycles. The van der Waals surface area contributed by atoms with Gasteiger partial charge in [-0.3, -0.25) is 9.55 Å². The molecule has 1 aromatic rings. The van der Waals surface area contributed by atoms with Gasteiger partial charge in [-0.25, -0.2) is 4.79 Å². The third-order valence-corrected chi connectivity index (χ3v) is 3.05. The average Bonchev–Trinajstić information content (AvgIpc) is 2.61. The predicted molar refractivity (Wildman–Crippen MR) is 60.6 cm³/mol. The fourth-order valence-electron chi connectivity index (χ4n) is 1.77. The smallest absolute Gasteiger partial charge is 0.328 e. The number of nitrogens with zero attached hydrogens (tertiary/aromatic N) is 1. The summed E-state index contributed by atoms with van der Waals surface area (Å²) in [5.74, 6) is -0.359. The molecule has 0 aliphatic carbocycles. The summed E-state index contributed by atoms with van der Waals surface area (Å²) in [6.45, 7) is -0.502. The predicted octanol–water partition coefficient (Wildman–Crippen LogP) is -1.78. The van der Waals surface area contributed by atoms with E-state index in [1.807, 2.05) is 0 Å². The molecule has 0 aromatic carbocycles. The summed E-state index contributed by atoms with van der Waals surface area (Å²) in [5.41, 5.74) is -0.701. The van der Waals surface area contributed by atoms with E-state index in [4.69, 9.17) is 9.84 Å². The molecule has 4 atom stereocenters. The van der Waals surface area contributed by atoms with Crippen LogP contribution in [0.4, 0.5) is 0 Å². The molecule has 8 nitrogen and oxygen atoms in total. The number of ether oxygens (including phenoxy) is 1. The number of aliphatic hydroxyl groups excluding tert-OH is 3. The number of nitrogens with one attached hydrogen (secondary N) is 1. The van der Waals surface area contributed by atoms with Crippen molar-refractivity contribution in [2.75, 3.05) is 6.61 Å². The van der Waals surface area contributed by atoms with E-state index in [0.717, 1.165) is 10.8 Å². The van der Waals surface area contributed by atoms with Gasteiger partial charge in [0, 0.05) is 0 Å². The zero-order valence-corrected chi connectivity index (χ0v) is 9.87. The van der Waals surface area contributed by atoms with Gasteiger partial charge in [0.1, 0.15) is 18.3 Å². The summed E-state index contributed by atoms with van der Waals surface area (Å²) in [6, 6.07) is 0.